The number of aliphatic hydroxyl groups excluding tert-OH is 2. The van der Waals surface area contributed by atoms with Gasteiger partial charge >= 0.3 is 12.1 Å². The molecule has 2 rings (SSSR count). The number of carbonyl (C=O) groups is 2. The molecule has 7 atom stereocenters. The largest absolute Gasteiger partial charge is 0.468 e. The number of fused-ring (bicyclic) bond motifs is 1. The summed E-state index contributed by atoms with van der Waals surface area (Å²) in [6.07, 6.45) is -5.15. The number of aliphatic hydroxyl groups is 2. The summed E-state index contributed by atoms with van der Waals surface area (Å²) in [4.78, 5) is 26.1. The van der Waals surface area contributed by atoms with E-state index in [1.54, 1.807) is 20.8 Å². The standard InChI is InChI=1S/C29H42F3NO6/c1-15(2)38-14-21(33)10-16(3)23-9-8-20(29(30,31)32)11-19-12-22(19)17(4)26(36)18(5)27(37)28(6,7)24(34)13-25(35)39-23/h8,10,14,17-19,22-24,26,34,36H,1,9,11-13,33H2,2-7H3/b16-10+,20-8+,21-14-/t17-,18+,19?,22?,23-,24-,26-/m0/s1. The van der Waals surface area contributed by atoms with E-state index in [0.29, 0.717) is 17.8 Å². The minimum Gasteiger partial charge on any atom is -0.468 e. The first kappa shape index (κ1) is 32.6. The Kier molecular flexibility index (Phi) is 10.6. The molecule has 2 unspecified atom stereocenters. The molecule has 1 aliphatic heterocycles. The fraction of sp³-hybridized carbons (Fsp3) is 0.655. The molecule has 220 valence electrons. The maximum atomic E-state index is 14.0. The van der Waals surface area contributed by atoms with Crippen LogP contribution in [0.4, 0.5) is 13.2 Å². The average Bonchev–Trinajstić information content (AvgIpc) is 3.60. The van der Waals surface area contributed by atoms with Crippen molar-refractivity contribution in [1.29, 1.82) is 0 Å². The Morgan fingerprint density at radius 1 is 1.21 bits per heavy atom. The van der Waals surface area contributed by atoms with E-state index in [0.717, 1.165) is 6.08 Å². The van der Waals surface area contributed by atoms with Crippen molar-refractivity contribution < 1.29 is 42.4 Å². The van der Waals surface area contributed by atoms with Crippen molar-refractivity contribution in [3.63, 3.8) is 0 Å². The number of rotatable bonds is 4. The molecule has 4 N–H and O–H groups in total. The van der Waals surface area contributed by atoms with Gasteiger partial charge in [0.2, 0.25) is 0 Å². The molecule has 1 aliphatic carbocycles. The first-order valence-electron chi connectivity index (χ1n) is 13.2. The molecule has 0 aromatic heterocycles. The van der Waals surface area contributed by atoms with Crippen molar-refractivity contribution in [3.05, 3.63) is 47.6 Å². The third-order valence-electron chi connectivity index (χ3n) is 7.94. The number of alkyl halides is 3. The second-order valence-electron chi connectivity index (χ2n) is 11.6. The maximum Gasteiger partial charge on any atom is 0.412 e. The van der Waals surface area contributed by atoms with E-state index in [-0.39, 0.29) is 30.4 Å². The van der Waals surface area contributed by atoms with Crippen molar-refractivity contribution >= 4 is 11.8 Å². The van der Waals surface area contributed by atoms with Crippen LogP contribution >= 0.6 is 0 Å². The van der Waals surface area contributed by atoms with Crippen molar-refractivity contribution in [2.24, 2.45) is 34.8 Å². The Bertz CT molecular complexity index is 1030. The first-order chi connectivity index (χ1) is 17.9. The van der Waals surface area contributed by atoms with Crippen LogP contribution in [0, 0.1) is 29.1 Å². The fourth-order valence-electron chi connectivity index (χ4n) is 5.12. The summed E-state index contributed by atoms with van der Waals surface area (Å²) in [6.45, 7) is 13.0. The van der Waals surface area contributed by atoms with Gasteiger partial charge in [-0.05, 0) is 56.1 Å². The van der Waals surface area contributed by atoms with Crippen LogP contribution < -0.4 is 5.73 Å². The van der Waals surface area contributed by atoms with Gasteiger partial charge in [0.1, 0.15) is 18.1 Å². The zero-order valence-corrected chi connectivity index (χ0v) is 23.5. The zero-order valence-electron chi connectivity index (χ0n) is 23.5. The molecule has 1 heterocycles. The van der Waals surface area contributed by atoms with Crippen LogP contribution in [0.25, 0.3) is 0 Å². The van der Waals surface area contributed by atoms with Crippen LogP contribution in [0.3, 0.4) is 0 Å². The predicted octanol–water partition coefficient (Wildman–Crippen LogP) is 5.09. The molecule has 0 spiro atoms. The number of ketones is 1. The van der Waals surface area contributed by atoms with Crippen molar-refractivity contribution in [3.8, 4) is 0 Å². The lowest BCUT2D eigenvalue weighted by molar-refractivity contribution is -0.154. The van der Waals surface area contributed by atoms with Gasteiger partial charge < -0.3 is 25.4 Å². The number of carbonyl (C=O) groups excluding carboxylic acids is 2. The molecular weight excluding hydrogens is 515 g/mol. The summed E-state index contributed by atoms with van der Waals surface area (Å²) in [5.74, 6) is -2.73. The summed E-state index contributed by atoms with van der Waals surface area (Å²) in [5.41, 5.74) is 4.30. The summed E-state index contributed by atoms with van der Waals surface area (Å²) in [6, 6.07) is 0. The number of cyclic esters (lactones) is 1. The van der Waals surface area contributed by atoms with Gasteiger partial charge in [-0.3, -0.25) is 9.59 Å². The number of nitrogens with two attached hydrogens (primary N) is 1. The summed E-state index contributed by atoms with van der Waals surface area (Å²) in [5, 5.41) is 21.7. The van der Waals surface area contributed by atoms with E-state index < -0.39 is 65.5 Å². The van der Waals surface area contributed by atoms with Gasteiger partial charge in [0, 0.05) is 17.9 Å². The van der Waals surface area contributed by atoms with Crippen LogP contribution in [-0.4, -0.2) is 46.5 Å². The smallest absolute Gasteiger partial charge is 0.412 e. The first-order valence-corrected chi connectivity index (χ1v) is 13.2. The Morgan fingerprint density at radius 3 is 2.38 bits per heavy atom. The number of Topliss-reactive ketones (excluding diaryl/α,β-unsaturated/α-hetero) is 1. The molecule has 0 saturated heterocycles. The monoisotopic (exact) mass is 557 g/mol. The van der Waals surface area contributed by atoms with Gasteiger partial charge in [0.05, 0.1) is 35.5 Å². The highest BCUT2D eigenvalue weighted by molar-refractivity contribution is 5.88. The summed E-state index contributed by atoms with van der Waals surface area (Å²) < 4.78 is 52.6. The topological polar surface area (TPSA) is 119 Å². The maximum absolute atomic E-state index is 14.0. The Hall–Kier alpha value is -2.59. The molecule has 1 saturated carbocycles. The quantitative estimate of drug-likeness (QED) is 0.191. The lowest BCUT2D eigenvalue weighted by atomic mass is 9.72. The van der Waals surface area contributed by atoms with Gasteiger partial charge in [-0.15, -0.1) is 0 Å². The molecule has 39 heavy (non-hydrogen) atoms. The SMILES string of the molecule is C=C(C)O/C=C(N)/C=C(\C)[C@@H]1C/C=C(/C(F)(F)F)CC2CC2[C@H](C)[C@H](O)[C@@H](C)C(=O)C(C)(C)[C@@H](O)CC(=O)O1. The Balaban J connectivity index is 2.49. The predicted molar refractivity (Wildman–Crippen MR) is 141 cm³/mol. The van der Waals surface area contributed by atoms with E-state index >= 15 is 0 Å². The molecule has 1 fully saturated rings. The number of hydrogen-bond acceptors (Lipinski definition) is 7. The number of hydrogen-bond donors (Lipinski definition) is 3. The Morgan fingerprint density at radius 2 is 1.82 bits per heavy atom. The number of esters is 1. The average molecular weight is 558 g/mol. The molecule has 0 aromatic rings. The van der Waals surface area contributed by atoms with Crippen LogP contribution in [-0.2, 0) is 19.1 Å². The second-order valence-corrected chi connectivity index (χ2v) is 11.6. The lowest BCUT2D eigenvalue weighted by Crippen LogP contribution is -2.46. The van der Waals surface area contributed by atoms with Crippen LogP contribution in [0.2, 0.25) is 0 Å². The molecule has 0 bridgehead atoms. The molecule has 7 nitrogen and oxygen atoms in total. The highest BCUT2D eigenvalue weighted by Crippen LogP contribution is 2.51. The van der Waals surface area contributed by atoms with Crippen LogP contribution in [0.5, 0.6) is 0 Å². The van der Waals surface area contributed by atoms with Gasteiger partial charge in [0.25, 0.3) is 0 Å². The van der Waals surface area contributed by atoms with Gasteiger partial charge in [-0.2, -0.15) is 13.2 Å². The second kappa shape index (κ2) is 12.7. The molecular formula is C29H42F3NO6. The molecule has 0 aromatic carbocycles. The molecule has 0 radical (unpaired) electrons. The van der Waals surface area contributed by atoms with Gasteiger partial charge in [0.15, 0.2) is 0 Å². The van der Waals surface area contributed by atoms with Crippen molar-refractivity contribution in [1.82, 2.24) is 0 Å². The fourth-order valence-corrected chi connectivity index (χ4v) is 5.12. The minimum absolute atomic E-state index is 0.132. The highest BCUT2D eigenvalue weighted by Gasteiger charge is 2.49. The van der Waals surface area contributed by atoms with E-state index in [4.69, 9.17) is 15.2 Å². The normalized spacial score (nSPS) is 34.8. The van der Waals surface area contributed by atoms with Crippen LogP contribution in [0.1, 0.15) is 67.2 Å². The highest BCUT2D eigenvalue weighted by atomic mass is 19.4. The third kappa shape index (κ3) is 8.70. The number of halogens is 3. The minimum atomic E-state index is -4.59. The summed E-state index contributed by atoms with van der Waals surface area (Å²) in [7, 11) is 0. The van der Waals surface area contributed by atoms with E-state index in [1.807, 2.05) is 0 Å². The Labute approximate surface area is 228 Å². The van der Waals surface area contributed by atoms with E-state index in [1.165, 1.54) is 33.1 Å². The number of ether oxygens (including phenoxy) is 2. The molecule has 10 heteroatoms. The molecule has 2 aliphatic rings. The van der Waals surface area contributed by atoms with Gasteiger partial charge in [-0.25, -0.2) is 0 Å². The van der Waals surface area contributed by atoms with E-state index in [2.05, 4.69) is 6.58 Å². The van der Waals surface area contributed by atoms with Crippen molar-refractivity contribution in [2.45, 2.75) is 91.7 Å². The zero-order chi connectivity index (χ0) is 29.9. The van der Waals surface area contributed by atoms with E-state index in [9.17, 15) is 33.0 Å². The summed E-state index contributed by atoms with van der Waals surface area (Å²) >= 11 is 0. The van der Waals surface area contributed by atoms with Crippen LogP contribution in [0.15, 0.2) is 47.6 Å². The van der Waals surface area contributed by atoms with Crippen molar-refractivity contribution in [2.75, 3.05) is 0 Å². The van der Waals surface area contributed by atoms with Gasteiger partial charge in [-0.1, -0.05) is 40.3 Å². The third-order valence-corrected chi connectivity index (χ3v) is 7.94. The lowest BCUT2D eigenvalue weighted by Gasteiger charge is -2.34. The number of allylic oxidation sites excluding steroid dienone is 3. The molecule has 0 amide bonds.